The highest BCUT2D eigenvalue weighted by atomic mass is 32.2. The van der Waals surface area contributed by atoms with Gasteiger partial charge >= 0.3 is 0 Å². The molecule has 1 aromatic carbocycles. The Morgan fingerprint density at radius 2 is 2.17 bits per heavy atom. The van der Waals surface area contributed by atoms with Crippen LogP contribution in [0.15, 0.2) is 39.7 Å². The summed E-state index contributed by atoms with van der Waals surface area (Å²) in [4.78, 5) is 22.5. The number of nitro groups is 1. The minimum atomic E-state index is -0.491. The van der Waals surface area contributed by atoms with Gasteiger partial charge in [-0.25, -0.2) is 0 Å². The van der Waals surface area contributed by atoms with Gasteiger partial charge in [-0.2, -0.15) is 0 Å². The van der Waals surface area contributed by atoms with Gasteiger partial charge in [0, 0.05) is 18.2 Å². The first kappa shape index (κ1) is 16.2. The molecule has 0 radical (unpaired) electrons. The summed E-state index contributed by atoms with van der Waals surface area (Å²) in [5.74, 6) is 0.994. The SMILES string of the molecule is COc1ccc([N+](=O)[O-])cc1-c1ccc(C=C2SC(=S)NC2=O)o1. The number of nitrogens with zero attached hydrogens (tertiary/aromatic N) is 1. The number of amides is 1. The fourth-order valence-electron chi connectivity index (χ4n) is 2.13. The van der Waals surface area contributed by atoms with Crippen LogP contribution in [-0.2, 0) is 4.79 Å². The zero-order valence-electron chi connectivity index (χ0n) is 12.3. The second-order valence-electron chi connectivity index (χ2n) is 4.70. The molecule has 0 unspecified atom stereocenters. The van der Waals surface area contributed by atoms with Crippen molar-refractivity contribution in [2.45, 2.75) is 0 Å². The minimum Gasteiger partial charge on any atom is -0.496 e. The van der Waals surface area contributed by atoms with Gasteiger partial charge in [0.1, 0.15) is 21.6 Å². The van der Waals surface area contributed by atoms with Crippen molar-refractivity contribution in [3.63, 3.8) is 0 Å². The smallest absolute Gasteiger partial charge is 0.270 e. The molecule has 3 rings (SSSR count). The Bertz CT molecular complexity index is 888. The van der Waals surface area contributed by atoms with Gasteiger partial charge < -0.3 is 14.5 Å². The van der Waals surface area contributed by atoms with Gasteiger partial charge in [0.05, 0.1) is 22.5 Å². The fourth-order valence-corrected chi connectivity index (χ4v) is 3.15. The number of carbonyl (C=O) groups excluding carboxylic acids is 1. The van der Waals surface area contributed by atoms with Gasteiger partial charge in [0.2, 0.25) is 0 Å². The first-order chi connectivity index (χ1) is 11.5. The molecule has 1 aromatic heterocycles. The van der Waals surface area contributed by atoms with Crippen LogP contribution in [0.3, 0.4) is 0 Å². The van der Waals surface area contributed by atoms with Crippen molar-refractivity contribution in [1.82, 2.24) is 5.32 Å². The van der Waals surface area contributed by atoms with E-state index >= 15 is 0 Å². The number of nitro benzene ring substituents is 1. The summed E-state index contributed by atoms with van der Waals surface area (Å²) in [5.41, 5.74) is 0.383. The molecule has 0 spiro atoms. The van der Waals surface area contributed by atoms with Gasteiger partial charge in [0.15, 0.2) is 0 Å². The van der Waals surface area contributed by atoms with E-state index in [2.05, 4.69) is 5.32 Å². The number of methoxy groups -OCH3 is 1. The summed E-state index contributed by atoms with van der Waals surface area (Å²) in [6, 6.07) is 7.56. The number of thiocarbonyl (C=S) groups is 1. The zero-order chi connectivity index (χ0) is 17.3. The van der Waals surface area contributed by atoms with Crippen LogP contribution in [0.25, 0.3) is 17.4 Å². The predicted octanol–water partition coefficient (Wildman–Crippen LogP) is 3.35. The fraction of sp³-hybridized carbons (Fsp3) is 0.0667. The van der Waals surface area contributed by atoms with Crippen molar-refractivity contribution in [2.75, 3.05) is 7.11 Å². The Hall–Kier alpha value is -2.65. The quantitative estimate of drug-likeness (QED) is 0.386. The topological polar surface area (TPSA) is 94.6 Å². The van der Waals surface area contributed by atoms with Crippen molar-refractivity contribution in [3.05, 3.63) is 51.1 Å². The maximum absolute atomic E-state index is 11.7. The van der Waals surface area contributed by atoms with Crippen molar-refractivity contribution in [1.29, 1.82) is 0 Å². The highest BCUT2D eigenvalue weighted by molar-refractivity contribution is 8.26. The van der Waals surface area contributed by atoms with E-state index in [0.29, 0.717) is 32.1 Å². The standard InChI is InChI=1S/C15H10N2O5S2/c1-21-11-4-2-8(17(19)20)6-10(11)12-5-3-9(22-12)7-13-14(18)16-15(23)24-13/h2-7H,1H3,(H,16,18,23). The second kappa shape index (κ2) is 6.46. The number of ether oxygens (including phenoxy) is 1. The number of thioether (sulfide) groups is 1. The summed E-state index contributed by atoms with van der Waals surface area (Å²) in [5, 5.41) is 13.5. The Balaban J connectivity index is 1.97. The normalized spacial score (nSPS) is 15.6. The van der Waals surface area contributed by atoms with Crippen molar-refractivity contribution < 1.29 is 18.9 Å². The Morgan fingerprint density at radius 1 is 1.38 bits per heavy atom. The van der Waals surface area contributed by atoms with Gasteiger partial charge in [-0.05, 0) is 18.2 Å². The predicted molar refractivity (Wildman–Crippen MR) is 93.7 cm³/mol. The first-order valence-electron chi connectivity index (χ1n) is 6.65. The van der Waals surface area contributed by atoms with Crippen molar-refractivity contribution >= 4 is 46.0 Å². The molecule has 1 fully saturated rings. The molecule has 0 saturated carbocycles. The first-order valence-corrected chi connectivity index (χ1v) is 7.88. The highest BCUT2D eigenvalue weighted by Crippen LogP contribution is 2.35. The van der Waals surface area contributed by atoms with Crippen molar-refractivity contribution in [2.24, 2.45) is 0 Å². The lowest BCUT2D eigenvalue weighted by Crippen LogP contribution is -2.17. The summed E-state index contributed by atoms with van der Waals surface area (Å²) in [6.45, 7) is 0. The van der Waals surface area contributed by atoms with Crippen LogP contribution in [0.2, 0.25) is 0 Å². The molecule has 122 valence electrons. The number of hydrogen-bond acceptors (Lipinski definition) is 7. The third-order valence-electron chi connectivity index (χ3n) is 3.20. The van der Waals surface area contributed by atoms with E-state index in [-0.39, 0.29) is 11.6 Å². The van der Waals surface area contributed by atoms with Crippen LogP contribution in [0.4, 0.5) is 5.69 Å². The Morgan fingerprint density at radius 3 is 2.79 bits per heavy atom. The molecular formula is C15H10N2O5S2. The van der Waals surface area contributed by atoms with E-state index in [1.54, 1.807) is 18.2 Å². The van der Waals surface area contributed by atoms with E-state index in [1.165, 1.54) is 25.3 Å². The lowest BCUT2D eigenvalue weighted by Gasteiger charge is -2.05. The maximum Gasteiger partial charge on any atom is 0.270 e. The molecule has 9 heteroatoms. The molecule has 0 atom stereocenters. The van der Waals surface area contributed by atoms with Crippen LogP contribution in [0, 0.1) is 10.1 Å². The number of nitrogens with one attached hydrogen (secondary N) is 1. The molecule has 2 aromatic rings. The molecule has 7 nitrogen and oxygen atoms in total. The molecular weight excluding hydrogens is 352 g/mol. The van der Waals surface area contributed by atoms with E-state index in [4.69, 9.17) is 21.4 Å². The third kappa shape index (κ3) is 3.17. The van der Waals surface area contributed by atoms with Crippen LogP contribution in [0.1, 0.15) is 5.76 Å². The molecule has 1 aliphatic heterocycles. The summed E-state index contributed by atoms with van der Waals surface area (Å²) >= 11 is 6.07. The molecule has 1 aliphatic rings. The zero-order valence-corrected chi connectivity index (χ0v) is 13.9. The Labute approximate surface area is 145 Å². The third-order valence-corrected chi connectivity index (χ3v) is 4.36. The molecule has 2 heterocycles. The lowest BCUT2D eigenvalue weighted by molar-refractivity contribution is -0.384. The summed E-state index contributed by atoms with van der Waals surface area (Å²) in [6.07, 6.45) is 1.56. The molecule has 0 bridgehead atoms. The van der Waals surface area contributed by atoms with E-state index in [1.807, 2.05) is 0 Å². The summed E-state index contributed by atoms with van der Waals surface area (Å²) < 4.78 is 11.3. The van der Waals surface area contributed by atoms with E-state index < -0.39 is 4.92 Å². The number of furan rings is 1. The highest BCUT2D eigenvalue weighted by Gasteiger charge is 2.23. The van der Waals surface area contributed by atoms with Crippen LogP contribution in [-0.4, -0.2) is 22.3 Å². The van der Waals surface area contributed by atoms with Gasteiger partial charge in [0.25, 0.3) is 11.6 Å². The molecule has 0 aliphatic carbocycles. The van der Waals surface area contributed by atoms with Crippen LogP contribution in [0.5, 0.6) is 5.75 Å². The number of carbonyl (C=O) groups is 1. The second-order valence-corrected chi connectivity index (χ2v) is 6.41. The van der Waals surface area contributed by atoms with Gasteiger partial charge in [-0.3, -0.25) is 14.9 Å². The van der Waals surface area contributed by atoms with Crippen LogP contribution >= 0.6 is 24.0 Å². The number of non-ortho nitro benzene ring substituents is 1. The molecule has 1 amide bonds. The average Bonchev–Trinajstić information content (AvgIpc) is 3.13. The van der Waals surface area contributed by atoms with Gasteiger partial charge in [-0.1, -0.05) is 24.0 Å². The number of rotatable bonds is 4. The molecule has 24 heavy (non-hydrogen) atoms. The molecule has 1 N–H and O–H groups in total. The van der Waals surface area contributed by atoms with Crippen molar-refractivity contribution in [3.8, 4) is 17.1 Å². The lowest BCUT2D eigenvalue weighted by atomic mass is 10.1. The average molecular weight is 362 g/mol. The monoisotopic (exact) mass is 362 g/mol. The molecule has 1 saturated heterocycles. The van der Waals surface area contributed by atoms with E-state index in [0.717, 1.165) is 11.8 Å². The van der Waals surface area contributed by atoms with Gasteiger partial charge in [-0.15, -0.1) is 0 Å². The Kier molecular flexibility index (Phi) is 4.36. The summed E-state index contributed by atoms with van der Waals surface area (Å²) in [7, 11) is 1.47. The minimum absolute atomic E-state index is 0.0711. The largest absolute Gasteiger partial charge is 0.496 e. The van der Waals surface area contributed by atoms with E-state index in [9.17, 15) is 14.9 Å². The number of benzene rings is 1. The van der Waals surface area contributed by atoms with Crippen LogP contribution < -0.4 is 10.1 Å². The maximum atomic E-state index is 11.7. The number of hydrogen-bond donors (Lipinski definition) is 1.